The van der Waals surface area contributed by atoms with Crippen molar-refractivity contribution in [3.8, 4) is 0 Å². The highest BCUT2D eigenvalue weighted by atomic mass is 16.5. The standard InChI is InChI=1S/C12H21NO2/c1-15-11(14)10-4-2-3-5-12(10)6-8-13-9-7-12/h10,13H,2-9H2,1H3. The third-order valence-electron chi connectivity index (χ3n) is 4.24. The van der Waals surface area contributed by atoms with Gasteiger partial charge in [-0.3, -0.25) is 4.79 Å². The molecule has 3 nitrogen and oxygen atoms in total. The first-order valence-electron chi connectivity index (χ1n) is 6.07. The zero-order valence-electron chi connectivity index (χ0n) is 9.55. The van der Waals surface area contributed by atoms with Crippen molar-refractivity contribution in [3.63, 3.8) is 0 Å². The zero-order chi connectivity index (χ0) is 10.7. The van der Waals surface area contributed by atoms with Gasteiger partial charge in [0, 0.05) is 0 Å². The quantitative estimate of drug-likeness (QED) is 0.671. The number of methoxy groups -OCH3 is 1. The van der Waals surface area contributed by atoms with Crippen LogP contribution in [0.3, 0.4) is 0 Å². The number of ether oxygens (including phenoxy) is 1. The summed E-state index contributed by atoms with van der Waals surface area (Å²) in [7, 11) is 1.52. The fourth-order valence-electron chi connectivity index (χ4n) is 3.34. The minimum absolute atomic E-state index is 0.0246. The molecule has 1 N–H and O–H groups in total. The number of carbonyl (C=O) groups excluding carboxylic acids is 1. The van der Waals surface area contributed by atoms with E-state index in [1.165, 1.54) is 26.4 Å². The van der Waals surface area contributed by atoms with E-state index >= 15 is 0 Å². The number of nitrogens with one attached hydrogen (secondary N) is 1. The fourth-order valence-corrected chi connectivity index (χ4v) is 3.34. The van der Waals surface area contributed by atoms with Gasteiger partial charge in [-0.2, -0.15) is 0 Å². The Morgan fingerprint density at radius 1 is 1.27 bits per heavy atom. The van der Waals surface area contributed by atoms with Crippen LogP contribution in [0.2, 0.25) is 0 Å². The van der Waals surface area contributed by atoms with Crippen LogP contribution >= 0.6 is 0 Å². The maximum Gasteiger partial charge on any atom is 0.309 e. The van der Waals surface area contributed by atoms with E-state index in [-0.39, 0.29) is 17.3 Å². The summed E-state index contributed by atoms with van der Waals surface area (Å²) < 4.78 is 4.96. The Morgan fingerprint density at radius 3 is 2.67 bits per heavy atom. The summed E-state index contributed by atoms with van der Waals surface area (Å²) in [6.45, 7) is 2.13. The average molecular weight is 211 g/mol. The molecule has 0 aromatic carbocycles. The van der Waals surface area contributed by atoms with Gasteiger partial charge in [0.05, 0.1) is 13.0 Å². The van der Waals surface area contributed by atoms with Crippen molar-refractivity contribution < 1.29 is 9.53 Å². The largest absolute Gasteiger partial charge is 0.469 e. The van der Waals surface area contributed by atoms with Crippen molar-refractivity contribution in [3.05, 3.63) is 0 Å². The van der Waals surface area contributed by atoms with E-state index in [1.54, 1.807) is 0 Å². The molecule has 0 aromatic heterocycles. The summed E-state index contributed by atoms with van der Waals surface area (Å²) in [5, 5.41) is 3.38. The molecule has 0 bridgehead atoms. The van der Waals surface area contributed by atoms with Crippen LogP contribution < -0.4 is 5.32 Å². The average Bonchev–Trinajstić information content (AvgIpc) is 2.30. The Kier molecular flexibility index (Phi) is 3.29. The Morgan fingerprint density at radius 2 is 2.00 bits per heavy atom. The van der Waals surface area contributed by atoms with E-state index < -0.39 is 0 Å². The van der Waals surface area contributed by atoms with Gasteiger partial charge < -0.3 is 10.1 Å². The monoisotopic (exact) mass is 211 g/mol. The second-order valence-electron chi connectivity index (χ2n) is 4.93. The maximum absolute atomic E-state index is 11.8. The Hall–Kier alpha value is -0.570. The van der Waals surface area contributed by atoms with Gasteiger partial charge in [0.2, 0.25) is 0 Å². The summed E-state index contributed by atoms with van der Waals surface area (Å²) in [5.41, 5.74) is 0.261. The molecule has 0 aromatic rings. The summed E-state index contributed by atoms with van der Waals surface area (Å²) >= 11 is 0. The lowest BCUT2D eigenvalue weighted by atomic mass is 9.61. The van der Waals surface area contributed by atoms with Gasteiger partial charge in [0.15, 0.2) is 0 Å². The molecule has 1 aliphatic carbocycles. The van der Waals surface area contributed by atoms with Gasteiger partial charge in [0.1, 0.15) is 0 Å². The van der Waals surface area contributed by atoms with E-state index in [2.05, 4.69) is 5.32 Å². The second kappa shape index (κ2) is 4.52. The van der Waals surface area contributed by atoms with Crippen LogP contribution in [0.25, 0.3) is 0 Å². The molecule has 86 valence electrons. The Bertz CT molecular complexity index is 226. The topological polar surface area (TPSA) is 38.3 Å². The molecule has 2 rings (SSSR count). The van der Waals surface area contributed by atoms with E-state index in [0.29, 0.717) is 0 Å². The molecule has 3 heteroatoms. The van der Waals surface area contributed by atoms with E-state index in [4.69, 9.17) is 4.74 Å². The van der Waals surface area contributed by atoms with Crippen LogP contribution in [0.4, 0.5) is 0 Å². The predicted octanol–water partition coefficient (Wildman–Crippen LogP) is 1.72. The first-order chi connectivity index (χ1) is 7.28. The summed E-state index contributed by atoms with van der Waals surface area (Å²) in [5.74, 6) is 0.190. The number of hydrogen-bond donors (Lipinski definition) is 1. The third kappa shape index (κ3) is 2.03. The van der Waals surface area contributed by atoms with Crippen molar-refractivity contribution in [1.82, 2.24) is 5.32 Å². The number of hydrogen-bond acceptors (Lipinski definition) is 3. The highest BCUT2D eigenvalue weighted by molar-refractivity contribution is 5.73. The molecule has 1 spiro atoms. The minimum atomic E-state index is 0.0246. The Balaban J connectivity index is 2.13. The normalized spacial score (nSPS) is 30.1. The zero-order valence-corrected chi connectivity index (χ0v) is 9.55. The van der Waals surface area contributed by atoms with Crippen LogP contribution in [0.15, 0.2) is 0 Å². The molecular weight excluding hydrogens is 190 g/mol. The molecule has 2 fully saturated rings. The van der Waals surface area contributed by atoms with Crippen LogP contribution in [0.1, 0.15) is 38.5 Å². The summed E-state index contributed by atoms with van der Waals surface area (Å²) in [6.07, 6.45) is 7.02. The third-order valence-corrected chi connectivity index (χ3v) is 4.24. The van der Waals surface area contributed by atoms with Crippen molar-refractivity contribution >= 4 is 5.97 Å². The van der Waals surface area contributed by atoms with Crippen molar-refractivity contribution in [2.45, 2.75) is 38.5 Å². The molecular formula is C12H21NO2. The highest BCUT2D eigenvalue weighted by Crippen LogP contribution is 2.47. The van der Waals surface area contributed by atoms with E-state index in [9.17, 15) is 4.79 Å². The fraction of sp³-hybridized carbons (Fsp3) is 0.917. The van der Waals surface area contributed by atoms with Crippen molar-refractivity contribution in [1.29, 1.82) is 0 Å². The van der Waals surface area contributed by atoms with Crippen LogP contribution in [0.5, 0.6) is 0 Å². The molecule has 1 aliphatic heterocycles. The van der Waals surface area contributed by atoms with Crippen LogP contribution in [-0.4, -0.2) is 26.2 Å². The molecule has 1 saturated carbocycles. The van der Waals surface area contributed by atoms with Gasteiger partial charge >= 0.3 is 5.97 Å². The highest BCUT2D eigenvalue weighted by Gasteiger charge is 2.45. The lowest BCUT2D eigenvalue weighted by Crippen LogP contribution is -2.46. The minimum Gasteiger partial charge on any atom is -0.469 e. The van der Waals surface area contributed by atoms with Gasteiger partial charge in [-0.05, 0) is 44.2 Å². The first kappa shape index (κ1) is 10.9. The van der Waals surface area contributed by atoms with Crippen molar-refractivity contribution in [2.24, 2.45) is 11.3 Å². The molecule has 1 heterocycles. The lowest BCUT2D eigenvalue weighted by molar-refractivity contribution is -0.153. The maximum atomic E-state index is 11.8. The lowest BCUT2D eigenvalue weighted by Gasteiger charge is -2.45. The van der Waals surface area contributed by atoms with Crippen LogP contribution in [-0.2, 0) is 9.53 Å². The molecule has 2 aliphatic rings. The molecule has 0 amide bonds. The van der Waals surface area contributed by atoms with E-state index in [1.807, 2.05) is 0 Å². The first-order valence-corrected chi connectivity index (χ1v) is 6.07. The van der Waals surface area contributed by atoms with Gasteiger partial charge in [-0.25, -0.2) is 0 Å². The second-order valence-corrected chi connectivity index (χ2v) is 4.93. The van der Waals surface area contributed by atoms with Crippen LogP contribution in [0, 0.1) is 11.3 Å². The molecule has 1 saturated heterocycles. The SMILES string of the molecule is COC(=O)C1CCCCC12CCNCC2. The van der Waals surface area contributed by atoms with Gasteiger partial charge in [-0.1, -0.05) is 12.8 Å². The number of piperidine rings is 1. The number of rotatable bonds is 1. The molecule has 0 radical (unpaired) electrons. The van der Waals surface area contributed by atoms with E-state index in [0.717, 1.165) is 32.4 Å². The summed E-state index contributed by atoms with van der Waals surface area (Å²) in [6, 6.07) is 0. The molecule has 1 atom stereocenters. The van der Waals surface area contributed by atoms with Gasteiger partial charge in [0.25, 0.3) is 0 Å². The Labute approximate surface area is 91.6 Å². The smallest absolute Gasteiger partial charge is 0.309 e. The molecule has 1 unspecified atom stereocenters. The number of esters is 1. The number of carbonyl (C=O) groups is 1. The summed E-state index contributed by atoms with van der Waals surface area (Å²) in [4.78, 5) is 11.8. The predicted molar refractivity (Wildman–Crippen MR) is 58.5 cm³/mol. The van der Waals surface area contributed by atoms with Crippen molar-refractivity contribution in [2.75, 3.05) is 20.2 Å². The molecule has 15 heavy (non-hydrogen) atoms. The van der Waals surface area contributed by atoms with Gasteiger partial charge in [-0.15, -0.1) is 0 Å².